The minimum absolute atomic E-state index is 0.0380. The van der Waals surface area contributed by atoms with E-state index in [0.29, 0.717) is 9.87 Å². The standard InChI is InChI=1S/C17H24N2O6S/c1-12(2)9-15(19(11-20)26(3,24)25)16(21)18-14(17(22)23)10-13-7-5-4-6-8-13/h4-8,11-12,14-15H,9-10H2,1-3H3,(H,18,21)(H,22,23)/t14-,15-/m0/s1. The second kappa shape index (κ2) is 9.33. The van der Waals surface area contributed by atoms with Gasteiger partial charge >= 0.3 is 5.97 Å². The van der Waals surface area contributed by atoms with E-state index in [4.69, 9.17) is 0 Å². The van der Waals surface area contributed by atoms with Crippen LogP contribution in [0.4, 0.5) is 0 Å². The predicted octanol–water partition coefficient (Wildman–Crippen LogP) is 0.631. The van der Waals surface area contributed by atoms with Crippen LogP contribution in [0.15, 0.2) is 30.3 Å². The monoisotopic (exact) mass is 384 g/mol. The smallest absolute Gasteiger partial charge is 0.326 e. The Morgan fingerprint density at radius 1 is 1.23 bits per heavy atom. The number of sulfonamides is 1. The first kappa shape index (κ1) is 21.6. The lowest BCUT2D eigenvalue weighted by Crippen LogP contribution is -2.53. The van der Waals surface area contributed by atoms with Gasteiger partial charge in [-0.25, -0.2) is 17.5 Å². The molecule has 2 amide bonds. The number of carboxylic acid groups (broad SMARTS) is 1. The lowest BCUT2D eigenvalue weighted by molar-refractivity contribution is -0.142. The van der Waals surface area contributed by atoms with Crippen LogP contribution in [-0.4, -0.2) is 54.5 Å². The zero-order valence-electron chi connectivity index (χ0n) is 15.0. The van der Waals surface area contributed by atoms with Gasteiger partial charge in [0.25, 0.3) is 0 Å². The summed E-state index contributed by atoms with van der Waals surface area (Å²) in [5, 5.41) is 11.7. The molecule has 0 aromatic heterocycles. The van der Waals surface area contributed by atoms with Gasteiger partial charge in [0.2, 0.25) is 22.3 Å². The van der Waals surface area contributed by atoms with E-state index in [1.165, 1.54) is 0 Å². The summed E-state index contributed by atoms with van der Waals surface area (Å²) in [6.07, 6.45) is 1.02. The van der Waals surface area contributed by atoms with E-state index < -0.39 is 34.0 Å². The van der Waals surface area contributed by atoms with E-state index in [2.05, 4.69) is 5.32 Å². The highest BCUT2D eigenvalue weighted by molar-refractivity contribution is 7.88. The summed E-state index contributed by atoms with van der Waals surface area (Å²) in [6, 6.07) is 6.17. The van der Waals surface area contributed by atoms with Gasteiger partial charge in [-0.1, -0.05) is 44.2 Å². The van der Waals surface area contributed by atoms with Crippen molar-refractivity contribution in [3.05, 3.63) is 35.9 Å². The summed E-state index contributed by atoms with van der Waals surface area (Å²) >= 11 is 0. The molecule has 0 aliphatic rings. The SMILES string of the molecule is CC(C)C[C@@H](C(=O)N[C@@H](Cc1ccccc1)C(=O)O)N(C=O)S(C)(=O)=O. The fourth-order valence-electron chi connectivity index (χ4n) is 2.47. The van der Waals surface area contributed by atoms with Crippen LogP contribution in [0, 0.1) is 5.92 Å². The van der Waals surface area contributed by atoms with Crippen molar-refractivity contribution in [2.75, 3.05) is 6.26 Å². The minimum atomic E-state index is -3.96. The highest BCUT2D eigenvalue weighted by Crippen LogP contribution is 2.14. The molecule has 0 heterocycles. The molecule has 2 N–H and O–H groups in total. The summed E-state index contributed by atoms with van der Waals surface area (Å²) in [7, 11) is -3.96. The molecule has 0 aliphatic heterocycles. The zero-order chi connectivity index (χ0) is 19.9. The van der Waals surface area contributed by atoms with E-state index in [9.17, 15) is 27.9 Å². The number of carbonyl (C=O) groups excluding carboxylic acids is 2. The summed E-state index contributed by atoms with van der Waals surface area (Å²) in [4.78, 5) is 35.3. The molecule has 0 saturated carbocycles. The first-order valence-electron chi connectivity index (χ1n) is 8.07. The van der Waals surface area contributed by atoms with Crippen LogP contribution in [0.3, 0.4) is 0 Å². The van der Waals surface area contributed by atoms with Crippen molar-refractivity contribution in [3.8, 4) is 0 Å². The molecule has 2 atom stereocenters. The molecule has 0 radical (unpaired) electrons. The lowest BCUT2D eigenvalue weighted by Gasteiger charge is -2.28. The Morgan fingerprint density at radius 2 is 1.81 bits per heavy atom. The normalized spacial score (nSPS) is 13.7. The number of hydrogen-bond donors (Lipinski definition) is 2. The fourth-order valence-corrected chi connectivity index (χ4v) is 3.27. The van der Waals surface area contributed by atoms with Gasteiger partial charge in [-0.3, -0.25) is 9.59 Å². The van der Waals surface area contributed by atoms with Gasteiger partial charge in [-0.15, -0.1) is 0 Å². The first-order chi connectivity index (χ1) is 12.1. The molecule has 0 bridgehead atoms. The largest absolute Gasteiger partial charge is 0.480 e. The third-order valence-electron chi connectivity index (χ3n) is 3.69. The highest BCUT2D eigenvalue weighted by Gasteiger charge is 2.34. The van der Waals surface area contributed by atoms with E-state index in [0.717, 1.165) is 6.26 Å². The molecular formula is C17H24N2O6S. The number of amides is 2. The Hall–Kier alpha value is -2.42. The van der Waals surface area contributed by atoms with Crippen molar-refractivity contribution >= 4 is 28.3 Å². The average molecular weight is 384 g/mol. The van der Waals surface area contributed by atoms with Crippen LogP contribution < -0.4 is 5.32 Å². The molecule has 144 valence electrons. The van der Waals surface area contributed by atoms with E-state index in [1.54, 1.807) is 44.2 Å². The Morgan fingerprint density at radius 3 is 2.23 bits per heavy atom. The Labute approximate surface area is 153 Å². The van der Waals surface area contributed by atoms with Crippen LogP contribution in [0.25, 0.3) is 0 Å². The van der Waals surface area contributed by atoms with Crippen molar-refractivity contribution in [2.24, 2.45) is 5.92 Å². The zero-order valence-corrected chi connectivity index (χ0v) is 15.8. The lowest BCUT2D eigenvalue weighted by atomic mass is 10.0. The molecule has 8 nitrogen and oxygen atoms in total. The molecule has 26 heavy (non-hydrogen) atoms. The van der Waals surface area contributed by atoms with Crippen molar-refractivity contribution in [1.29, 1.82) is 0 Å². The number of aliphatic carboxylic acids is 1. The molecule has 0 spiro atoms. The van der Waals surface area contributed by atoms with Crippen LogP contribution in [-0.2, 0) is 30.8 Å². The van der Waals surface area contributed by atoms with Crippen molar-refractivity contribution in [1.82, 2.24) is 9.62 Å². The number of hydrogen-bond acceptors (Lipinski definition) is 5. The molecule has 1 aromatic rings. The minimum Gasteiger partial charge on any atom is -0.480 e. The van der Waals surface area contributed by atoms with Gasteiger partial charge < -0.3 is 10.4 Å². The Balaban J connectivity index is 3.04. The van der Waals surface area contributed by atoms with Crippen LogP contribution in [0.2, 0.25) is 0 Å². The summed E-state index contributed by atoms with van der Waals surface area (Å²) < 4.78 is 24.0. The maximum absolute atomic E-state index is 12.6. The molecular weight excluding hydrogens is 360 g/mol. The van der Waals surface area contributed by atoms with Gasteiger partial charge in [-0.2, -0.15) is 0 Å². The van der Waals surface area contributed by atoms with E-state index in [1.807, 2.05) is 0 Å². The molecule has 0 fully saturated rings. The third kappa shape index (κ3) is 6.47. The number of carboxylic acids is 1. The predicted molar refractivity (Wildman–Crippen MR) is 95.7 cm³/mol. The van der Waals surface area contributed by atoms with Crippen LogP contribution >= 0.6 is 0 Å². The molecule has 1 rings (SSSR count). The maximum atomic E-state index is 12.6. The number of carbonyl (C=O) groups is 3. The number of nitrogens with one attached hydrogen (secondary N) is 1. The summed E-state index contributed by atoms with van der Waals surface area (Å²) in [5.74, 6) is -2.16. The average Bonchev–Trinajstić information content (AvgIpc) is 2.53. The van der Waals surface area contributed by atoms with Crippen molar-refractivity contribution in [3.63, 3.8) is 0 Å². The second-order valence-electron chi connectivity index (χ2n) is 6.43. The van der Waals surface area contributed by atoms with E-state index in [-0.39, 0.29) is 25.2 Å². The van der Waals surface area contributed by atoms with Gasteiger partial charge in [0.1, 0.15) is 12.1 Å². The molecule has 0 unspecified atom stereocenters. The topological polar surface area (TPSA) is 121 Å². The fraction of sp³-hybridized carbons (Fsp3) is 0.471. The first-order valence-corrected chi connectivity index (χ1v) is 9.92. The summed E-state index contributed by atoms with van der Waals surface area (Å²) in [6.45, 7) is 3.54. The molecule has 9 heteroatoms. The number of benzene rings is 1. The van der Waals surface area contributed by atoms with Crippen LogP contribution in [0.5, 0.6) is 0 Å². The van der Waals surface area contributed by atoms with Gasteiger partial charge in [0.05, 0.1) is 6.26 Å². The number of rotatable bonds is 10. The maximum Gasteiger partial charge on any atom is 0.326 e. The van der Waals surface area contributed by atoms with Crippen molar-refractivity contribution < 1.29 is 27.9 Å². The molecule has 0 saturated heterocycles. The quantitative estimate of drug-likeness (QED) is 0.571. The molecule has 0 aliphatic carbocycles. The molecule has 1 aromatic carbocycles. The van der Waals surface area contributed by atoms with Gasteiger partial charge in [0.15, 0.2) is 0 Å². The van der Waals surface area contributed by atoms with Gasteiger partial charge in [0, 0.05) is 6.42 Å². The number of nitrogens with zero attached hydrogens (tertiary/aromatic N) is 1. The highest BCUT2D eigenvalue weighted by atomic mass is 32.2. The van der Waals surface area contributed by atoms with E-state index >= 15 is 0 Å². The summed E-state index contributed by atoms with van der Waals surface area (Å²) in [5.41, 5.74) is 0.705. The third-order valence-corrected chi connectivity index (χ3v) is 4.80. The Bertz CT molecular complexity index is 733. The van der Waals surface area contributed by atoms with Gasteiger partial charge in [-0.05, 0) is 17.9 Å². The second-order valence-corrected chi connectivity index (χ2v) is 8.32. The Kier molecular flexibility index (Phi) is 7.76. The van der Waals surface area contributed by atoms with Crippen molar-refractivity contribution in [2.45, 2.75) is 38.8 Å². The van der Waals surface area contributed by atoms with Crippen LogP contribution in [0.1, 0.15) is 25.8 Å².